The van der Waals surface area contributed by atoms with Crippen molar-refractivity contribution >= 4 is 0 Å². The number of hydrogen-bond acceptors (Lipinski definition) is 16. The van der Waals surface area contributed by atoms with Crippen LogP contribution in [0.1, 0.15) is 98.3 Å². The smallest absolute Gasteiger partial charge is 0.189 e. The van der Waals surface area contributed by atoms with Crippen LogP contribution in [0.25, 0.3) is 0 Å². The van der Waals surface area contributed by atoms with Crippen LogP contribution in [0.4, 0.5) is 0 Å². The molecule has 9 rings (SSSR count). The minimum Gasteiger partial charge on any atom is -0.394 e. The van der Waals surface area contributed by atoms with Crippen molar-refractivity contribution in [3.05, 3.63) is 0 Å². The van der Waals surface area contributed by atoms with Gasteiger partial charge >= 0.3 is 0 Å². The second-order valence-electron chi connectivity index (χ2n) is 20.6. The summed E-state index contributed by atoms with van der Waals surface area (Å²) in [6.45, 7) is 9.73. The van der Waals surface area contributed by atoms with Crippen LogP contribution in [0.15, 0.2) is 0 Å². The molecule has 338 valence electrons. The van der Waals surface area contributed by atoms with Gasteiger partial charge in [0.15, 0.2) is 30.9 Å². The van der Waals surface area contributed by atoms with Crippen molar-refractivity contribution in [1.29, 1.82) is 0 Å². The molecule has 0 radical (unpaired) electrons. The molecular weight excluding hydrogens is 772 g/mol. The van der Waals surface area contributed by atoms with Crippen molar-refractivity contribution in [3.63, 3.8) is 0 Å². The quantitative estimate of drug-likeness (QED) is 0.166. The molecule has 16 heteroatoms. The van der Waals surface area contributed by atoms with Gasteiger partial charge < -0.3 is 78.7 Å². The second-order valence-corrected chi connectivity index (χ2v) is 20.6. The van der Waals surface area contributed by atoms with E-state index in [0.29, 0.717) is 41.4 Å². The SMILES string of the molecule is C[C@H]1CC[C@@]2(OC1)O[C@H]1C[C@@H]3[C@@H]4CC[C@@H]5C[C@H](O[C@@H]6OC[C@H](O[C@@H]7O[C@@H](O[C@@H]8O[C@H](CO)[C@@H](O)[C@H](O)[C@H]8O)[C@@H](O)C[C@H]7O)[C@H](O)[C@H]6O)CC[C@@]5(C)[C@H]4CC[C@@]3(C)[C@H]1[C@@H]2C. The van der Waals surface area contributed by atoms with Crippen LogP contribution in [-0.2, 0) is 37.9 Å². The van der Waals surface area contributed by atoms with Crippen LogP contribution in [-0.4, -0.2) is 159 Å². The summed E-state index contributed by atoms with van der Waals surface area (Å²) < 4.78 is 48.4. The van der Waals surface area contributed by atoms with E-state index < -0.39 is 92.5 Å². The maximum atomic E-state index is 11.2. The lowest BCUT2D eigenvalue weighted by Gasteiger charge is -2.61. The predicted molar refractivity (Wildman–Crippen MR) is 203 cm³/mol. The Morgan fingerprint density at radius 3 is 2.08 bits per heavy atom. The molecule has 1 spiro atoms. The molecule has 25 atom stereocenters. The van der Waals surface area contributed by atoms with Crippen molar-refractivity contribution < 1.29 is 78.7 Å². The fourth-order valence-corrected chi connectivity index (χ4v) is 14.1. The Kier molecular flexibility index (Phi) is 12.1. The maximum Gasteiger partial charge on any atom is 0.189 e. The number of aliphatic hydroxyl groups excluding tert-OH is 8. The van der Waals surface area contributed by atoms with Crippen LogP contribution >= 0.6 is 0 Å². The molecule has 5 heterocycles. The number of ether oxygens (including phenoxy) is 8. The summed E-state index contributed by atoms with van der Waals surface area (Å²) >= 11 is 0. The monoisotopic (exact) mass is 842 g/mol. The molecule has 4 saturated carbocycles. The lowest BCUT2D eigenvalue weighted by molar-refractivity contribution is -0.397. The first kappa shape index (κ1) is 43.6. The van der Waals surface area contributed by atoms with Gasteiger partial charge in [0.25, 0.3) is 0 Å². The Labute approximate surface area is 346 Å². The van der Waals surface area contributed by atoms with Gasteiger partial charge in [-0.3, -0.25) is 0 Å². The lowest BCUT2D eigenvalue weighted by Crippen LogP contribution is -2.62. The highest BCUT2D eigenvalue weighted by Crippen LogP contribution is 2.71. The first-order chi connectivity index (χ1) is 28.1. The van der Waals surface area contributed by atoms with E-state index in [1.54, 1.807) is 0 Å². The molecule has 16 nitrogen and oxygen atoms in total. The second kappa shape index (κ2) is 16.4. The summed E-state index contributed by atoms with van der Waals surface area (Å²) in [7, 11) is 0. The third kappa shape index (κ3) is 7.38. The van der Waals surface area contributed by atoms with Gasteiger partial charge in [0.1, 0.15) is 54.9 Å². The average molecular weight is 843 g/mol. The molecule has 4 aliphatic carbocycles. The molecule has 0 aromatic heterocycles. The summed E-state index contributed by atoms with van der Waals surface area (Å²) in [5, 5.41) is 83.8. The Balaban J connectivity index is 0.775. The molecule has 0 bridgehead atoms. The fourth-order valence-electron chi connectivity index (χ4n) is 14.1. The Morgan fingerprint density at radius 1 is 0.627 bits per heavy atom. The first-order valence-corrected chi connectivity index (χ1v) is 22.6. The van der Waals surface area contributed by atoms with Gasteiger partial charge in [-0.25, -0.2) is 0 Å². The number of rotatable bonds is 7. The van der Waals surface area contributed by atoms with Crippen molar-refractivity contribution in [1.82, 2.24) is 0 Å². The summed E-state index contributed by atoms with van der Waals surface area (Å²) in [4.78, 5) is 0. The lowest BCUT2D eigenvalue weighted by atomic mass is 9.44. The van der Waals surface area contributed by atoms with Crippen molar-refractivity contribution in [2.24, 2.45) is 52.3 Å². The van der Waals surface area contributed by atoms with Crippen molar-refractivity contribution in [2.75, 3.05) is 19.8 Å². The minimum absolute atomic E-state index is 0.136. The van der Waals surface area contributed by atoms with Gasteiger partial charge in [0.05, 0.1) is 32.0 Å². The third-order valence-corrected chi connectivity index (χ3v) is 17.5. The van der Waals surface area contributed by atoms with E-state index in [-0.39, 0.29) is 36.1 Å². The molecular formula is C43H70O16. The predicted octanol–water partition coefficient (Wildman–Crippen LogP) is 0.892. The first-order valence-electron chi connectivity index (χ1n) is 22.6. The van der Waals surface area contributed by atoms with E-state index in [1.807, 2.05) is 0 Å². The number of hydrogen-bond donors (Lipinski definition) is 8. The summed E-state index contributed by atoms with van der Waals surface area (Å²) in [6, 6.07) is 0. The maximum absolute atomic E-state index is 11.2. The van der Waals surface area contributed by atoms with E-state index in [2.05, 4.69) is 27.7 Å². The zero-order valence-corrected chi connectivity index (χ0v) is 34.9. The normalized spacial score (nSPS) is 58.8. The molecule has 8 N–H and O–H groups in total. The van der Waals surface area contributed by atoms with E-state index in [9.17, 15) is 40.9 Å². The third-order valence-electron chi connectivity index (χ3n) is 17.5. The summed E-state index contributed by atoms with van der Waals surface area (Å²) in [5.41, 5.74) is 0.481. The van der Waals surface area contributed by atoms with Crippen LogP contribution in [0, 0.1) is 52.3 Å². The van der Waals surface area contributed by atoms with E-state index >= 15 is 0 Å². The number of aliphatic hydroxyl groups is 8. The molecule has 9 fully saturated rings. The highest BCUT2D eigenvalue weighted by atomic mass is 16.8. The van der Waals surface area contributed by atoms with Gasteiger partial charge in [-0.2, -0.15) is 0 Å². The fraction of sp³-hybridized carbons (Fsp3) is 1.00. The van der Waals surface area contributed by atoms with Gasteiger partial charge in [-0.15, -0.1) is 0 Å². The highest BCUT2D eigenvalue weighted by Gasteiger charge is 2.69. The van der Waals surface area contributed by atoms with Crippen LogP contribution in [0.5, 0.6) is 0 Å². The standard InChI is InChI=1S/C43H70O16/c1-19-7-12-43(53-17-19)20(2)31-28(59-43)14-25-23-6-5-21-13-22(8-10-41(21,3)24(23)9-11-42(25,31)4)54-39-35(50)33(48)30(18-52-39)56-37-26(45)15-27(46)38(57-37)58-40-36(51)34(49)32(47)29(16-44)55-40/h19-40,44-51H,5-18H2,1-4H3/t19-,20-,21+,22+,23+,24-,25+,26+,27-,28-,29+,30-,31-,32+,33-,34-,35+,36+,37+,38-,39-,40-,41+,42+,43+/m0/s1. The highest BCUT2D eigenvalue weighted by molar-refractivity contribution is 5.15. The molecule has 5 saturated heterocycles. The van der Waals surface area contributed by atoms with E-state index in [1.165, 1.54) is 25.7 Å². The summed E-state index contributed by atoms with van der Waals surface area (Å²) in [5.74, 6) is 3.66. The topological polar surface area (TPSA) is 236 Å². The Morgan fingerprint density at radius 2 is 1.36 bits per heavy atom. The molecule has 0 aromatic rings. The molecule has 59 heavy (non-hydrogen) atoms. The largest absolute Gasteiger partial charge is 0.394 e. The van der Waals surface area contributed by atoms with Gasteiger partial charge in [0, 0.05) is 18.8 Å². The number of fused-ring (bicyclic) bond motifs is 7. The van der Waals surface area contributed by atoms with Gasteiger partial charge in [-0.1, -0.05) is 27.7 Å². The zero-order chi connectivity index (χ0) is 41.8. The van der Waals surface area contributed by atoms with E-state index in [4.69, 9.17) is 37.9 Å². The van der Waals surface area contributed by atoms with E-state index in [0.717, 1.165) is 45.1 Å². The molecule has 0 amide bonds. The average Bonchev–Trinajstić information content (AvgIpc) is 3.66. The molecule has 0 aromatic carbocycles. The van der Waals surface area contributed by atoms with Crippen LogP contribution in [0.3, 0.4) is 0 Å². The van der Waals surface area contributed by atoms with Crippen LogP contribution < -0.4 is 0 Å². The molecule has 5 aliphatic heterocycles. The Hall–Kier alpha value is -0.640. The van der Waals surface area contributed by atoms with Crippen molar-refractivity contribution in [3.8, 4) is 0 Å². The molecule has 0 unspecified atom stereocenters. The Bertz CT molecular complexity index is 1460. The zero-order valence-electron chi connectivity index (χ0n) is 34.9. The van der Waals surface area contributed by atoms with Crippen molar-refractivity contribution in [2.45, 2.75) is 196 Å². The van der Waals surface area contributed by atoms with Gasteiger partial charge in [-0.05, 0) is 104 Å². The summed E-state index contributed by atoms with van der Waals surface area (Å²) in [6.07, 6.45) is -7.99. The minimum atomic E-state index is -1.74. The van der Waals surface area contributed by atoms with Crippen LogP contribution in [0.2, 0.25) is 0 Å². The van der Waals surface area contributed by atoms with Gasteiger partial charge in [0.2, 0.25) is 0 Å². The molecule has 9 aliphatic rings.